The van der Waals surface area contributed by atoms with Crippen molar-refractivity contribution in [3.05, 3.63) is 29.8 Å². The van der Waals surface area contributed by atoms with Gasteiger partial charge in [-0.15, -0.1) is 0 Å². The number of amides is 2. The zero-order valence-corrected chi connectivity index (χ0v) is 13.3. The van der Waals surface area contributed by atoms with Crippen LogP contribution >= 0.6 is 0 Å². The average molecular weight is 304 g/mol. The van der Waals surface area contributed by atoms with Gasteiger partial charge in [0.25, 0.3) is 0 Å². The summed E-state index contributed by atoms with van der Waals surface area (Å²) < 4.78 is 5.08. The van der Waals surface area contributed by atoms with Gasteiger partial charge in [0.05, 0.1) is 20.1 Å². The van der Waals surface area contributed by atoms with Gasteiger partial charge in [-0.3, -0.25) is 9.59 Å². The van der Waals surface area contributed by atoms with Crippen molar-refractivity contribution in [2.45, 2.75) is 26.2 Å². The molecule has 0 unspecified atom stereocenters. The number of methoxy groups -OCH3 is 1. The summed E-state index contributed by atoms with van der Waals surface area (Å²) in [7, 11) is 1.61. The summed E-state index contributed by atoms with van der Waals surface area (Å²) >= 11 is 0. The van der Waals surface area contributed by atoms with E-state index >= 15 is 0 Å². The number of benzene rings is 1. The molecule has 0 aromatic heterocycles. The lowest BCUT2D eigenvalue weighted by Gasteiger charge is -2.30. The predicted molar refractivity (Wildman–Crippen MR) is 84.7 cm³/mol. The van der Waals surface area contributed by atoms with E-state index in [4.69, 9.17) is 4.74 Å². The molecule has 1 aromatic rings. The number of nitrogens with one attached hydrogen (secondary N) is 1. The highest BCUT2D eigenvalue weighted by molar-refractivity contribution is 5.85. The molecule has 22 heavy (non-hydrogen) atoms. The molecule has 0 saturated carbocycles. The molecule has 1 saturated heterocycles. The van der Waals surface area contributed by atoms with Gasteiger partial charge in [0.15, 0.2) is 0 Å². The minimum Gasteiger partial charge on any atom is -0.497 e. The smallest absolute Gasteiger partial charge is 0.241 e. The standard InChI is InChI=1S/C17H24N2O3/c1-13-7-9-19(10-8-13)17(21)12-18-16(20)11-14-3-5-15(22-2)6-4-14/h3-6,13H,7-12H2,1-2H3,(H,18,20). The second-order valence-electron chi connectivity index (χ2n) is 5.86. The highest BCUT2D eigenvalue weighted by Gasteiger charge is 2.20. The van der Waals surface area contributed by atoms with E-state index < -0.39 is 0 Å². The fourth-order valence-corrected chi connectivity index (χ4v) is 2.54. The van der Waals surface area contributed by atoms with Crippen molar-refractivity contribution in [3.63, 3.8) is 0 Å². The van der Waals surface area contributed by atoms with Crippen LogP contribution in [0.5, 0.6) is 5.75 Å². The third-order valence-electron chi connectivity index (χ3n) is 4.10. The molecule has 1 aliphatic heterocycles. The van der Waals surface area contributed by atoms with Crippen molar-refractivity contribution in [2.24, 2.45) is 5.92 Å². The molecular weight excluding hydrogens is 280 g/mol. The SMILES string of the molecule is COc1ccc(CC(=O)NCC(=O)N2CCC(C)CC2)cc1. The minimum absolute atomic E-state index is 0.00924. The number of ether oxygens (including phenoxy) is 1. The molecule has 0 radical (unpaired) electrons. The molecule has 1 fully saturated rings. The van der Waals surface area contributed by atoms with Gasteiger partial charge in [0, 0.05) is 13.1 Å². The van der Waals surface area contributed by atoms with Gasteiger partial charge < -0.3 is 15.0 Å². The van der Waals surface area contributed by atoms with Crippen LogP contribution in [-0.2, 0) is 16.0 Å². The van der Waals surface area contributed by atoms with E-state index in [-0.39, 0.29) is 24.8 Å². The summed E-state index contributed by atoms with van der Waals surface area (Å²) in [6, 6.07) is 7.35. The molecule has 5 nitrogen and oxygen atoms in total. The lowest BCUT2D eigenvalue weighted by molar-refractivity contribution is -0.133. The van der Waals surface area contributed by atoms with Gasteiger partial charge in [-0.1, -0.05) is 19.1 Å². The molecule has 1 aromatic carbocycles. The van der Waals surface area contributed by atoms with Gasteiger partial charge in [0.1, 0.15) is 5.75 Å². The topological polar surface area (TPSA) is 58.6 Å². The molecule has 0 bridgehead atoms. The number of hydrogen-bond donors (Lipinski definition) is 1. The molecule has 0 spiro atoms. The van der Waals surface area contributed by atoms with Crippen LogP contribution in [0.25, 0.3) is 0 Å². The largest absolute Gasteiger partial charge is 0.497 e. The van der Waals surface area contributed by atoms with Crippen LogP contribution in [0, 0.1) is 5.92 Å². The Balaban J connectivity index is 1.73. The average Bonchev–Trinajstić information content (AvgIpc) is 2.54. The first-order valence-corrected chi connectivity index (χ1v) is 7.76. The van der Waals surface area contributed by atoms with Gasteiger partial charge in [-0.2, -0.15) is 0 Å². The van der Waals surface area contributed by atoms with Crippen LogP contribution in [0.2, 0.25) is 0 Å². The van der Waals surface area contributed by atoms with Crippen LogP contribution in [0.15, 0.2) is 24.3 Å². The van der Waals surface area contributed by atoms with Gasteiger partial charge in [-0.05, 0) is 36.5 Å². The summed E-state index contributed by atoms with van der Waals surface area (Å²) in [4.78, 5) is 25.8. The quantitative estimate of drug-likeness (QED) is 0.899. The summed E-state index contributed by atoms with van der Waals surface area (Å²) in [5.74, 6) is 1.33. The van der Waals surface area contributed by atoms with E-state index in [2.05, 4.69) is 12.2 Å². The Morgan fingerprint density at radius 3 is 2.45 bits per heavy atom. The number of rotatable bonds is 5. The highest BCUT2D eigenvalue weighted by atomic mass is 16.5. The number of carbonyl (C=O) groups excluding carboxylic acids is 2. The predicted octanol–water partition coefficient (Wildman–Crippen LogP) is 1.61. The van der Waals surface area contributed by atoms with Crippen molar-refractivity contribution in [1.82, 2.24) is 10.2 Å². The zero-order chi connectivity index (χ0) is 15.9. The van der Waals surface area contributed by atoms with Crippen LogP contribution in [0.3, 0.4) is 0 Å². The molecule has 5 heteroatoms. The number of nitrogens with zero attached hydrogens (tertiary/aromatic N) is 1. The van der Waals surface area contributed by atoms with Crippen molar-refractivity contribution in [3.8, 4) is 5.75 Å². The van der Waals surface area contributed by atoms with Gasteiger partial charge in [-0.25, -0.2) is 0 Å². The molecule has 1 N–H and O–H groups in total. The van der Waals surface area contributed by atoms with E-state index in [1.165, 1.54) is 0 Å². The van der Waals surface area contributed by atoms with Crippen LogP contribution < -0.4 is 10.1 Å². The molecule has 0 atom stereocenters. The molecular formula is C17H24N2O3. The maximum absolute atomic E-state index is 12.0. The van der Waals surface area contributed by atoms with E-state index in [1.807, 2.05) is 29.2 Å². The maximum Gasteiger partial charge on any atom is 0.241 e. The number of likely N-dealkylation sites (tertiary alicyclic amines) is 1. The fourth-order valence-electron chi connectivity index (χ4n) is 2.54. The first-order valence-electron chi connectivity index (χ1n) is 7.76. The number of hydrogen-bond acceptors (Lipinski definition) is 3. The Morgan fingerprint density at radius 1 is 1.23 bits per heavy atom. The molecule has 2 rings (SSSR count). The lowest BCUT2D eigenvalue weighted by atomic mass is 9.99. The third kappa shape index (κ3) is 4.76. The molecule has 2 amide bonds. The van der Waals surface area contributed by atoms with Gasteiger partial charge in [0.2, 0.25) is 11.8 Å². The summed E-state index contributed by atoms with van der Waals surface area (Å²) in [6.45, 7) is 3.89. The number of piperidine rings is 1. The van der Waals surface area contributed by atoms with Crippen LogP contribution in [-0.4, -0.2) is 43.5 Å². The highest BCUT2D eigenvalue weighted by Crippen LogP contribution is 2.15. The van der Waals surface area contributed by atoms with E-state index in [1.54, 1.807) is 7.11 Å². The van der Waals surface area contributed by atoms with Crippen molar-refractivity contribution in [1.29, 1.82) is 0 Å². The van der Waals surface area contributed by atoms with Gasteiger partial charge >= 0.3 is 0 Å². The third-order valence-corrected chi connectivity index (χ3v) is 4.10. The molecule has 0 aliphatic carbocycles. The molecule has 1 heterocycles. The Morgan fingerprint density at radius 2 is 1.86 bits per heavy atom. The Bertz CT molecular complexity index is 505. The fraction of sp³-hybridized carbons (Fsp3) is 0.529. The minimum atomic E-state index is -0.135. The monoisotopic (exact) mass is 304 g/mol. The Hall–Kier alpha value is -2.04. The summed E-state index contributed by atoms with van der Waals surface area (Å²) in [6.07, 6.45) is 2.37. The first-order chi connectivity index (χ1) is 10.6. The van der Waals surface area contributed by atoms with E-state index in [0.29, 0.717) is 5.92 Å². The van der Waals surface area contributed by atoms with Crippen LogP contribution in [0.4, 0.5) is 0 Å². The lowest BCUT2D eigenvalue weighted by Crippen LogP contribution is -2.44. The number of carbonyl (C=O) groups is 2. The Kier molecular flexibility index (Phi) is 5.81. The van der Waals surface area contributed by atoms with Crippen molar-refractivity contribution in [2.75, 3.05) is 26.7 Å². The normalized spacial score (nSPS) is 15.5. The summed E-state index contributed by atoms with van der Waals surface area (Å²) in [5, 5.41) is 2.71. The first kappa shape index (κ1) is 16.3. The molecule has 120 valence electrons. The second kappa shape index (κ2) is 7.82. The maximum atomic E-state index is 12.0. The van der Waals surface area contributed by atoms with Crippen molar-refractivity contribution >= 4 is 11.8 Å². The van der Waals surface area contributed by atoms with Crippen molar-refractivity contribution < 1.29 is 14.3 Å². The Labute approximate surface area is 131 Å². The summed E-state index contributed by atoms with van der Waals surface area (Å²) in [5.41, 5.74) is 0.901. The zero-order valence-electron chi connectivity index (χ0n) is 13.3. The van der Waals surface area contributed by atoms with E-state index in [0.717, 1.165) is 37.2 Å². The second-order valence-corrected chi connectivity index (χ2v) is 5.86. The molecule has 1 aliphatic rings. The van der Waals surface area contributed by atoms with E-state index in [9.17, 15) is 9.59 Å². The van der Waals surface area contributed by atoms with Crippen LogP contribution in [0.1, 0.15) is 25.3 Å².